The fraction of sp³-hybridized carbons (Fsp3) is 0.0185. The third-order valence-corrected chi connectivity index (χ3v) is 12.6. The summed E-state index contributed by atoms with van der Waals surface area (Å²) in [4.78, 5) is 15.2. The zero-order valence-corrected chi connectivity index (χ0v) is 31.3. The van der Waals surface area contributed by atoms with Crippen LogP contribution in [0.1, 0.15) is 22.3 Å². The van der Waals surface area contributed by atoms with Gasteiger partial charge in [0, 0.05) is 33.2 Å². The Morgan fingerprint density at radius 1 is 0.345 bits per heavy atom. The minimum atomic E-state index is -0.443. The van der Waals surface area contributed by atoms with Crippen LogP contribution >= 0.6 is 0 Å². The van der Waals surface area contributed by atoms with E-state index in [0.717, 1.165) is 33.4 Å². The minimum Gasteiger partial charge on any atom is -0.309 e. The van der Waals surface area contributed by atoms with Gasteiger partial charge in [0.15, 0.2) is 17.5 Å². The molecule has 2 aliphatic carbocycles. The molecule has 0 saturated heterocycles. The van der Waals surface area contributed by atoms with Gasteiger partial charge in [-0.1, -0.05) is 170 Å². The van der Waals surface area contributed by atoms with E-state index >= 15 is 0 Å². The maximum absolute atomic E-state index is 5.11. The molecule has 9 aromatic carbocycles. The number of para-hydroxylation sites is 1. The summed E-state index contributed by atoms with van der Waals surface area (Å²) < 4.78 is 2.44. The lowest BCUT2D eigenvalue weighted by atomic mass is 9.70. The lowest BCUT2D eigenvalue weighted by Gasteiger charge is -2.31. The van der Waals surface area contributed by atoms with Gasteiger partial charge >= 0.3 is 0 Å². The highest BCUT2D eigenvalue weighted by molar-refractivity contribution is 6.17. The molecule has 2 aromatic heterocycles. The third-order valence-electron chi connectivity index (χ3n) is 12.6. The lowest BCUT2D eigenvalue weighted by molar-refractivity contribution is 0.796. The van der Waals surface area contributed by atoms with Gasteiger partial charge in [0.25, 0.3) is 0 Å². The summed E-state index contributed by atoms with van der Waals surface area (Å²) in [5, 5.41) is 7.70. The molecule has 0 radical (unpaired) electrons. The van der Waals surface area contributed by atoms with Crippen LogP contribution in [0.2, 0.25) is 0 Å². The smallest absolute Gasteiger partial charge is 0.164 e. The molecule has 4 heteroatoms. The molecule has 1 spiro atoms. The van der Waals surface area contributed by atoms with Gasteiger partial charge in [-0.25, -0.2) is 15.0 Å². The van der Waals surface area contributed by atoms with Crippen LogP contribution in [-0.4, -0.2) is 19.5 Å². The van der Waals surface area contributed by atoms with Crippen molar-refractivity contribution in [2.75, 3.05) is 0 Å². The van der Waals surface area contributed by atoms with Crippen LogP contribution in [0.3, 0.4) is 0 Å². The van der Waals surface area contributed by atoms with Crippen molar-refractivity contribution in [2.45, 2.75) is 5.41 Å². The molecule has 268 valence electrons. The molecule has 0 bridgehead atoms. The summed E-state index contributed by atoms with van der Waals surface area (Å²) in [7, 11) is 0. The molecule has 0 fully saturated rings. The topological polar surface area (TPSA) is 43.6 Å². The first-order valence-electron chi connectivity index (χ1n) is 19.9. The van der Waals surface area contributed by atoms with E-state index in [1.165, 1.54) is 65.7 Å². The van der Waals surface area contributed by atoms with Gasteiger partial charge in [0.05, 0.1) is 16.4 Å². The molecule has 0 N–H and O–H groups in total. The van der Waals surface area contributed by atoms with Gasteiger partial charge in [0.2, 0.25) is 0 Å². The van der Waals surface area contributed by atoms with Crippen molar-refractivity contribution in [3.63, 3.8) is 0 Å². The molecule has 4 nitrogen and oxygen atoms in total. The molecule has 0 unspecified atom stereocenters. The molecular weight excluding hydrogens is 705 g/mol. The van der Waals surface area contributed by atoms with Crippen molar-refractivity contribution in [3.05, 3.63) is 216 Å². The van der Waals surface area contributed by atoms with Gasteiger partial charge in [-0.3, -0.25) is 0 Å². The molecule has 2 heterocycles. The van der Waals surface area contributed by atoms with E-state index in [-0.39, 0.29) is 0 Å². The summed E-state index contributed by atoms with van der Waals surface area (Å²) in [5.74, 6) is 1.94. The zero-order valence-electron chi connectivity index (χ0n) is 31.3. The summed E-state index contributed by atoms with van der Waals surface area (Å²) in [6.07, 6.45) is 0. The first-order chi connectivity index (χ1) is 28.8. The van der Waals surface area contributed by atoms with E-state index in [9.17, 15) is 0 Å². The van der Waals surface area contributed by atoms with Crippen molar-refractivity contribution in [1.82, 2.24) is 19.5 Å². The van der Waals surface area contributed by atoms with E-state index in [4.69, 9.17) is 15.0 Å². The first kappa shape index (κ1) is 31.5. The molecule has 58 heavy (non-hydrogen) atoms. The second kappa shape index (κ2) is 11.7. The van der Waals surface area contributed by atoms with Gasteiger partial charge in [-0.05, 0) is 79.2 Å². The van der Waals surface area contributed by atoms with Crippen molar-refractivity contribution < 1.29 is 0 Å². The Balaban J connectivity index is 1.07. The highest BCUT2D eigenvalue weighted by atomic mass is 15.0. The minimum absolute atomic E-state index is 0.443. The van der Waals surface area contributed by atoms with Crippen LogP contribution in [0.25, 0.3) is 94.3 Å². The quantitative estimate of drug-likeness (QED) is 0.169. The Kier molecular flexibility index (Phi) is 6.34. The molecule has 0 saturated carbocycles. The van der Waals surface area contributed by atoms with Gasteiger partial charge in [0.1, 0.15) is 0 Å². The Morgan fingerprint density at radius 2 is 0.897 bits per heavy atom. The van der Waals surface area contributed by atoms with E-state index in [1.54, 1.807) is 0 Å². The number of hydrogen-bond acceptors (Lipinski definition) is 3. The van der Waals surface area contributed by atoms with Crippen LogP contribution in [-0.2, 0) is 5.41 Å². The average Bonchev–Trinajstić information content (AvgIpc) is 3.91. The van der Waals surface area contributed by atoms with Gasteiger partial charge < -0.3 is 4.57 Å². The summed E-state index contributed by atoms with van der Waals surface area (Å²) >= 11 is 0. The fourth-order valence-electron chi connectivity index (χ4n) is 10.2. The molecule has 11 aromatic rings. The largest absolute Gasteiger partial charge is 0.309 e. The Morgan fingerprint density at radius 3 is 1.59 bits per heavy atom. The van der Waals surface area contributed by atoms with Crippen LogP contribution in [0.4, 0.5) is 0 Å². The normalized spacial score (nSPS) is 13.3. The monoisotopic (exact) mass is 736 g/mol. The fourth-order valence-corrected chi connectivity index (χ4v) is 10.2. The summed E-state index contributed by atoms with van der Waals surface area (Å²) in [5.41, 5.74) is 13.8. The summed E-state index contributed by atoms with van der Waals surface area (Å²) in [6, 6.07) is 70.3. The predicted molar refractivity (Wildman–Crippen MR) is 236 cm³/mol. The number of benzene rings is 9. The number of fused-ring (bicyclic) bond motifs is 10. The zero-order chi connectivity index (χ0) is 38.0. The van der Waals surface area contributed by atoms with Crippen molar-refractivity contribution in [1.29, 1.82) is 0 Å². The Bertz CT molecular complexity index is 3390. The standard InChI is InChI=1S/C54H32N4/c1-3-13-35(14-4-1)51-55-52(36-15-5-2-6-16-36)57-53(56-51)37-27-29-42-41-20-8-10-24-47(41)58(48(42)31-37)38-28-30-40-39-19-7-9-21-43(39)54(46(40)32-38)44-22-11-17-33-25-26-34-18-12-23-45(54)50(34)49(33)44/h1-32H. The molecule has 13 rings (SSSR count). The van der Waals surface area contributed by atoms with Crippen LogP contribution in [0.15, 0.2) is 194 Å². The maximum Gasteiger partial charge on any atom is 0.164 e. The Hall–Kier alpha value is -7.69. The van der Waals surface area contributed by atoms with E-state index in [2.05, 4.69) is 162 Å². The summed E-state index contributed by atoms with van der Waals surface area (Å²) in [6.45, 7) is 0. The van der Waals surface area contributed by atoms with Crippen LogP contribution in [0.5, 0.6) is 0 Å². The molecule has 2 aliphatic rings. The highest BCUT2D eigenvalue weighted by Crippen LogP contribution is 2.62. The second-order valence-corrected chi connectivity index (χ2v) is 15.5. The molecular formula is C54H32N4. The SMILES string of the molecule is c1ccc(-c2nc(-c3ccccc3)nc(-c3ccc4c5ccccc5n(-c5ccc6c(c5)C5(c7ccccc7-6)c6cccc7ccc8cccc5c8c67)c4c3)n2)cc1. The highest BCUT2D eigenvalue weighted by Gasteiger charge is 2.50. The molecule has 0 aliphatic heterocycles. The average molecular weight is 737 g/mol. The number of hydrogen-bond donors (Lipinski definition) is 0. The molecule has 0 atom stereocenters. The third kappa shape index (κ3) is 4.16. The van der Waals surface area contributed by atoms with Gasteiger partial charge in [-0.2, -0.15) is 0 Å². The Labute approximate surface area is 334 Å². The number of nitrogens with zero attached hydrogens (tertiary/aromatic N) is 4. The molecule has 0 amide bonds. The van der Waals surface area contributed by atoms with E-state index in [0.29, 0.717) is 17.5 Å². The number of rotatable bonds is 4. The van der Waals surface area contributed by atoms with E-state index < -0.39 is 5.41 Å². The second-order valence-electron chi connectivity index (χ2n) is 15.5. The predicted octanol–water partition coefficient (Wildman–Crippen LogP) is 13.0. The van der Waals surface area contributed by atoms with Crippen LogP contribution < -0.4 is 0 Å². The first-order valence-corrected chi connectivity index (χ1v) is 19.9. The maximum atomic E-state index is 5.11. The van der Waals surface area contributed by atoms with E-state index in [1.807, 2.05) is 36.4 Å². The number of aromatic nitrogens is 4. The lowest BCUT2D eigenvalue weighted by Crippen LogP contribution is -2.26. The van der Waals surface area contributed by atoms with Gasteiger partial charge in [-0.15, -0.1) is 0 Å². The van der Waals surface area contributed by atoms with Crippen molar-refractivity contribution >= 4 is 43.4 Å². The van der Waals surface area contributed by atoms with Crippen molar-refractivity contribution in [2.24, 2.45) is 0 Å². The van der Waals surface area contributed by atoms with Crippen molar-refractivity contribution in [3.8, 4) is 51.0 Å². The van der Waals surface area contributed by atoms with Crippen LogP contribution in [0, 0.1) is 0 Å².